The number of rotatable bonds is 4. The van der Waals surface area contributed by atoms with Crippen molar-refractivity contribution in [2.24, 2.45) is 0 Å². The van der Waals surface area contributed by atoms with Crippen LogP contribution in [-0.2, 0) is 4.74 Å². The van der Waals surface area contributed by atoms with E-state index in [2.05, 4.69) is 41.5 Å². The first-order valence-corrected chi connectivity index (χ1v) is 13.0. The molecule has 5 heterocycles. The average Bonchev–Trinajstić information content (AvgIpc) is 3.39. The molecule has 3 aromatic rings. The second kappa shape index (κ2) is 10.4. The minimum atomic E-state index is -0.0243. The molecule has 0 aliphatic carbocycles. The number of aromatic nitrogens is 3. The van der Waals surface area contributed by atoms with Gasteiger partial charge in [-0.15, -0.1) is 0 Å². The zero-order valence-corrected chi connectivity index (χ0v) is 20.6. The Bertz CT molecular complexity index is 1180. The third kappa shape index (κ3) is 4.88. The van der Waals surface area contributed by atoms with Gasteiger partial charge in [0.25, 0.3) is 0 Å². The summed E-state index contributed by atoms with van der Waals surface area (Å²) in [5.41, 5.74) is 3.64. The van der Waals surface area contributed by atoms with Crippen LogP contribution >= 0.6 is 0 Å². The van der Waals surface area contributed by atoms with Crippen LogP contribution in [0.15, 0.2) is 36.7 Å². The first kappa shape index (κ1) is 23.2. The van der Waals surface area contributed by atoms with Crippen molar-refractivity contribution < 1.29 is 9.53 Å². The summed E-state index contributed by atoms with van der Waals surface area (Å²) in [6, 6.07) is 10.7. The van der Waals surface area contributed by atoms with Crippen LogP contribution < -0.4 is 15.5 Å². The van der Waals surface area contributed by atoms with Gasteiger partial charge in [0.1, 0.15) is 17.8 Å². The van der Waals surface area contributed by atoms with Gasteiger partial charge in [-0.1, -0.05) is 12.1 Å². The molecule has 3 fully saturated rings. The lowest BCUT2D eigenvalue weighted by Crippen LogP contribution is -2.54. The Morgan fingerprint density at radius 1 is 0.972 bits per heavy atom. The van der Waals surface area contributed by atoms with Crippen molar-refractivity contribution in [3.8, 4) is 11.3 Å². The predicted octanol–water partition coefficient (Wildman–Crippen LogP) is 2.36. The SMILES string of the molecule is O=C(Nc1ccc(-c2cc3c(N4CCOCC4)ncnc3[nH]2)cc1)N1CCN(C2CCNCC2)CC1. The molecule has 0 radical (unpaired) electrons. The van der Waals surface area contributed by atoms with Gasteiger partial charge in [-0.3, -0.25) is 4.90 Å². The number of amides is 2. The Balaban J connectivity index is 1.09. The molecule has 1 aromatic carbocycles. The van der Waals surface area contributed by atoms with E-state index in [0.29, 0.717) is 19.3 Å². The number of anilines is 2. The number of carbonyl (C=O) groups is 1. The summed E-state index contributed by atoms with van der Waals surface area (Å²) in [5.74, 6) is 0.940. The standard InChI is InChI=1S/C26H34N8O2/c35-26(34-11-9-32(10-12-34)21-5-7-27-8-6-21)30-20-3-1-19(2-4-20)23-17-22-24(31-23)28-18-29-25(22)33-13-15-36-16-14-33/h1-4,17-18,21,27H,5-16H2,(H,30,35)(H,28,29,31). The van der Waals surface area contributed by atoms with Crippen molar-refractivity contribution >= 4 is 28.6 Å². The van der Waals surface area contributed by atoms with E-state index in [0.717, 1.165) is 86.2 Å². The average molecular weight is 491 g/mol. The maximum absolute atomic E-state index is 12.9. The van der Waals surface area contributed by atoms with E-state index in [9.17, 15) is 4.79 Å². The highest BCUT2D eigenvalue weighted by atomic mass is 16.5. The molecule has 2 amide bonds. The van der Waals surface area contributed by atoms with E-state index >= 15 is 0 Å². The summed E-state index contributed by atoms with van der Waals surface area (Å²) in [6.07, 6.45) is 4.02. The summed E-state index contributed by atoms with van der Waals surface area (Å²) in [6.45, 7) is 8.73. The Labute approximate surface area is 211 Å². The third-order valence-corrected chi connectivity index (χ3v) is 7.59. The molecule has 10 heteroatoms. The van der Waals surface area contributed by atoms with Crippen LogP contribution in [0.25, 0.3) is 22.3 Å². The van der Waals surface area contributed by atoms with Crippen LogP contribution in [0.3, 0.4) is 0 Å². The van der Waals surface area contributed by atoms with Gasteiger partial charge in [0.2, 0.25) is 0 Å². The summed E-state index contributed by atoms with van der Waals surface area (Å²) >= 11 is 0. The Morgan fingerprint density at radius 3 is 2.47 bits per heavy atom. The molecule has 3 saturated heterocycles. The number of piperazine rings is 1. The van der Waals surface area contributed by atoms with Crippen LogP contribution in [0, 0.1) is 0 Å². The quantitative estimate of drug-likeness (QED) is 0.516. The molecular weight excluding hydrogens is 456 g/mol. The van der Waals surface area contributed by atoms with Crippen molar-refractivity contribution in [2.45, 2.75) is 18.9 Å². The minimum absolute atomic E-state index is 0.0243. The van der Waals surface area contributed by atoms with Gasteiger partial charge in [0.05, 0.1) is 18.6 Å². The van der Waals surface area contributed by atoms with Crippen molar-refractivity contribution in [1.29, 1.82) is 0 Å². The highest BCUT2D eigenvalue weighted by Gasteiger charge is 2.27. The van der Waals surface area contributed by atoms with Gasteiger partial charge in [-0.05, 0) is 49.7 Å². The smallest absolute Gasteiger partial charge is 0.321 e. The highest BCUT2D eigenvalue weighted by Crippen LogP contribution is 2.29. The van der Waals surface area contributed by atoms with Crippen molar-refractivity contribution in [2.75, 3.05) is 75.8 Å². The first-order chi connectivity index (χ1) is 17.7. The normalized spacial score (nSPS) is 20.1. The van der Waals surface area contributed by atoms with Gasteiger partial charge in [-0.2, -0.15) is 0 Å². The molecule has 3 N–H and O–H groups in total. The van der Waals surface area contributed by atoms with Gasteiger partial charge >= 0.3 is 6.03 Å². The van der Waals surface area contributed by atoms with Gasteiger partial charge in [0.15, 0.2) is 0 Å². The Morgan fingerprint density at radius 2 is 1.72 bits per heavy atom. The van der Waals surface area contributed by atoms with E-state index in [-0.39, 0.29) is 6.03 Å². The first-order valence-electron chi connectivity index (χ1n) is 13.0. The zero-order chi connectivity index (χ0) is 24.3. The number of urea groups is 1. The van der Waals surface area contributed by atoms with Gasteiger partial charge in [0, 0.05) is 56.7 Å². The summed E-state index contributed by atoms with van der Waals surface area (Å²) in [7, 11) is 0. The lowest BCUT2D eigenvalue weighted by molar-refractivity contribution is 0.0975. The number of carbonyl (C=O) groups excluding carboxylic acids is 1. The fourth-order valence-electron chi connectivity index (χ4n) is 5.51. The van der Waals surface area contributed by atoms with E-state index in [1.165, 1.54) is 12.8 Å². The Kier molecular flexibility index (Phi) is 6.71. The fraction of sp³-hybridized carbons (Fsp3) is 0.500. The lowest BCUT2D eigenvalue weighted by atomic mass is 10.0. The number of hydrogen-bond donors (Lipinski definition) is 3. The number of ether oxygens (including phenoxy) is 1. The van der Waals surface area contributed by atoms with E-state index in [4.69, 9.17) is 4.74 Å². The zero-order valence-electron chi connectivity index (χ0n) is 20.6. The monoisotopic (exact) mass is 490 g/mol. The van der Waals surface area contributed by atoms with E-state index in [1.54, 1.807) is 6.33 Å². The molecule has 0 spiro atoms. The van der Waals surface area contributed by atoms with Gasteiger partial charge in [-0.25, -0.2) is 14.8 Å². The molecule has 10 nitrogen and oxygen atoms in total. The van der Waals surface area contributed by atoms with Gasteiger partial charge < -0.3 is 30.2 Å². The molecule has 0 atom stereocenters. The van der Waals surface area contributed by atoms with E-state index in [1.807, 2.05) is 29.2 Å². The van der Waals surface area contributed by atoms with E-state index < -0.39 is 0 Å². The molecule has 3 aliphatic rings. The summed E-state index contributed by atoms with van der Waals surface area (Å²) < 4.78 is 5.48. The molecule has 6 rings (SSSR count). The maximum atomic E-state index is 12.9. The molecule has 190 valence electrons. The molecule has 3 aliphatic heterocycles. The molecule has 0 unspecified atom stereocenters. The van der Waals surface area contributed by atoms with Crippen LogP contribution in [0.4, 0.5) is 16.3 Å². The van der Waals surface area contributed by atoms with Crippen LogP contribution in [0.1, 0.15) is 12.8 Å². The number of morpholine rings is 1. The predicted molar refractivity (Wildman–Crippen MR) is 140 cm³/mol. The largest absolute Gasteiger partial charge is 0.378 e. The lowest BCUT2D eigenvalue weighted by Gasteiger charge is -2.40. The number of aromatic amines is 1. The number of nitrogens with zero attached hydrogens (tertiary/aromatic N) is 5. The summed E-state index contributed by atoms with van der Waals surface area (Å²) in [5, 5.41) is 7.51. The maximum Gasteiger partial charge on any atom is 0.321 e. The highest BCUT2D eigenvalue weighted by molar-refractivity contribution is 5.93. The number of nitrogens with one attached hydrogen (secondary N) is 3. The third-order valence-electron chi connectivity index (χ3n) is 7.59. The Hall–Kier alpha value is -3.21. The molecule has 0 bridgehead atoms. The van der Waals surface area contributed by atoms with Crippen molar-refractivity contribution in [1.82, 2.24) is 30.1 Å². The van der Waals surface area contributed by atoms with Crippen LogP contribution in [-0.4, -0.2) is 102 Å². The number of H-pyrrole nitrogens is 1. The van der Waals surface area contributed by atoms with Crippen LogP contribution in [0.5, 0.6) is 0 Å². The topological polar surface area (TPSA) is 102 Å². The number of piperidine rings is 1. The minimum Gasteiger partial charge on any atom is -0.378 e. The molecule has 2 aromatic heterocycles. The molecule has 36 heavy (non-hydrogen) atoms. The summed E-state index contributed by atoms with van der Waals surface area (Å²) in [4.78, 5) is 32.0. The number of hydrogen-bond acceptors (Lipinski definition) is 7. The fourth-order valence-corrected chi connectivity index (χ4v) is 5.51. The second-order valence-corrected chi connectivity index (χ2v) is 9.75. The number of benzene rings is 1. The van der Waals surface area contributed by atoms with Crippen molar-refractivity contribution in [3.63, 3.8) is 0 Å². The van der Waals surface area contributed by atoms with Crippen LogP contribution in [0.2, 0.25) is 0 Å². The molecule has 0 saturated carbocycles. The van der Waals surface area contributed by atoms with Crippen molar-refractivity contribution in [3.05, 3.63) is 36.7 Å². The second-order valence-electron chi connectivity index (χ2n) is 9.75. The number of fused-ring (bicyclic) bond motifs is 1. The molecular formula is C26H34N8O2.